The SMILES string of the molecule is CC[C@H]1OC(=O)O[C@@]1(C)[C@@H]1OC(=O)[C@H](C)C(=O)[C@H](C)[C@@H](O[C@@H]2OC(C)CC(N(C)Cc3ccc(Cl)cc3)C2O)[C@]2(C)CC(C)C(O2)[C@@H]1C.CC[C@H]1OC(=O)O[C@@]1(C)[C@@H]1OC(=O)[C@H](C)C(=O)[C@H](C)[C@@H](O[C@@H]2OC(C)CC(NC)C2O)[C@]2(C)CC(C)C(O2)[C@@H]1C.ClC(Cl)Cl. The number of alkyl halides is 3. The molecule has 26 heteroatoms. The lowest BCUT2D eigenvalue weighted by Gasteiger charge is -2.46. The van der Waals surface area contributed by atoms with E-state index in [1.165, 1.54) is 13.8 Å². The molecule has 0 amide bonds. The van der Waals surface area contributed by atoms with Gasteiger partial charge in [0.2, 0.25) is 0 Å². The number of Topliss-reactive ketones (excluding diaryl/α,β-unsaturated/α-hetero) is 2. The van der Waals surface area contributed by atoms with Crippen molar-refractivity contribution in [3.05, 3.63) is 34.9 Å². The minimum absolute atomic E-state index is 0.0191. The van der Waals surface area contributed by atoms with Gasteiger partial charge in [-0.1, -0.05) is 114 Å². The highest BCUT2D eigenvalue weighted by Crippen LogP contribution is 2.51. The normalized spacial score (nSPS) is 45.0. The molecule has 0 spiro atoms. The lowest BCUT2D eigenvalue weighted by Crippen LogP contribution is -2.58. The van der Waals surface area contributed by atoms with Crippen LogP contribution in [0.1, 0.15) is 155 Å². The van der Waals surface area contributed by atoms with Crippen molar-refractivity contribution in [2.45, 2.75) is 280 Å². The average Bonchev–Trinajstić information content (AvgIpc) is 1.58. The van der Waals surface area contributed by atoms with Gasteiger partial charge < -0.3 is 72.4 Å². The third kappa shape index (κ3) is 16.2. The molecule has 92 heavy (non-hydrogen) atoms. The Labute approximate surface area is 562 Å². The molecule has 1 aromatic carbocycles. The Morgan fingerprint density at radius 1 is 0.620 bits per heavy atom. The third-order valence-electron chi connectivity index (χ3n) is 20.8. The van der Waals surface area contributed by atoms with Crippen LogP contribution in [0.2, 0.25) is 5.02 Å². The van der Waals surface area contributed by atoms with Gasteiger partial charge in [0, 0.05) is 47.3 Å². The maximum atomic E-state index is 14.1. The molecule has 9 rings (SSSR count). The van der Waals surface area contributed by atoms with Crippen LogP contribution < -0.4 is 5.32 Å². The maximum Gasteiger partial charge on any atom is 0.509 e. The summed E-state index contributed by atoms with van der Waals surface area (Å²) in [5, 5.41) is 26.5. The Bertz CT molecular complexity index is 2740. The van der Waals surface area contributed by atoms with Crippen molar-refractivity contribution >= 4 is 82.2 Å². The standard InChI is InChI=1S/C36H52ClNO10.C29H47NO10.CHCl3/c1-10-26-36(8,48-34(42)44-26)31-22(6)29-18(2)16-35(7,47-29)30(20(4)27(39)21(5)32(41)45-31)46-33-28(40)25(15-19(3)43-33)38(9)17-23-11-13-24(37)14-12-23;1-10-19-29(8,40-27(34)36-19)24-17(6)22-13(2)12-28(7,39-22)23(15(4)20(31)16(5)25(33)37-24)38-26-21(32)18(30-9)11-14(3)35-26;2-1(3)4/h11-14,18-22,25-26,28-31,33,40H,10,15-17H2,1-9H3;13-19,21-24,26,30,32H,10-12H2,1-9H3;1H/t18?,19?,20-,21+,22-,25?,26+,28?,29?,30+,31+,33-,35-,36+;13?,14?,15-,16+,17-,18?,19+,21?,22?,23+,24+,26-,28-,29+;/m00./s1. The van der Waals surface area contributed by atoms with Gasteiger partial charge in [-0.2, -0.15) is 0 Å². The number of benzene rings is 1. The summed E-state index contributed by atoms with van der Waals surface area (Å²) in [4.78, 5) is 81.7. The Morgan fingerprint density at radius 2 is 1.01 bits per heavy atom. The minimum atomic E-state index is -1.29. The number of rotatable bonds is 12. The summed E-state index contributed by atoms with van der Waals surface area (Å²) >= 11 is 20.5. The largest absolute Gasteiger partial charge is 0.509 e. The van der Waals surface area contributed by atoms with Crippen LogP contribution in [0.4, 0.5) is 9.59 Å². The van der Waals surface area contributed by atoms with Crippen molar-refractivity contribution in [2.24, 2.45) is 47.3 Å². The predicted octanol–water partition coefficient (Wildman–Crippen LogP) is 10.0. The average molecular weight is 1380 g/mol. The molecule has 8 aliphatic heterocycles. The quantitative estimate of drug-likeness (QED) is 0.0760. The van der Waals surface area contributed by atoms with E-state index in [0.717, 1.165) is 5.56 Å². The molecule has 0 saturated carbocycles. The van der Waals surface area contributed by atoms with Crippen LogP contribution in [0.3, 0.4) is 0 Å². The highest BCUT2D eigenvalue weighted by Gasteiger charge is 2.64. The monoisotopic (exact) mass is 1380 g/mol. The molecule has 10 unspecified atom stereocenters. The molecule has 22 nitrogen and oxygen atoms in total. The number of nitrogens with one attached hydrogen (secondary N) is 1. The summed E-state index contributed by atoms with van der Waals surface area (Å²) in [5.41, 5.74) is -3.44. The highest BCUT2D eigenvalue weighted by atomic mass is 35.6. The molecule has 0 aromatic heterocycles. The van der Waals surface area contributed by atoms with Gasteiger partial charge in [-0.05, 0) is 138 Å². The van der Waals surface area contributed by atoms with Gasteiger partial charge in [0.1, 0.15) is 48.5 Å². The first-order valence-corrected chi connectivity index (χ1v) is 34.2. The van der Waals surface area contributed by atoms with E-state index in [0.29, 0.717) is 50.1 Å². The smallest absolute Gasteiger partial charge is 0.457 e. The molecule has 4 bridgehead atoms. The fourth-order valence-corrected chi connectivity index (χ4v) is 16.2. The Morgan fingerprint density at radius 3 is 1.40 bits per heavy atom. The molecule has 3 N–H and O–H groups in total. The molecule has 8 aliphatic rings. The number of esters is 2. The first-order chi connectivity index (χ1) is 42.9. The summed E-state index contributed by atoms with van der Waals surface area (Å²) in [5.74, 6) is -6.97. The predicted molar refractivity (Wildman–Crippen MR) is 340 cm³/mol. The topological polar surface area (TPSA) is 269 Å². The summed E-state index contributed by atoms with van der Waals surface area (Å²) < 4.78 is 72.8. The van der Waals surface area contributed by atoms with E-state index >= 15 is 0 Å². The molecular weight excluding hydrogens is 1280 g/mol. The zero-order valence-corrected chi connectivity index (χ0v) is 59.4. The fourth-order valence-electron chi connectivity index (χ4n) is 16.1. The number of ketones is 2. The van der Waals surface area contributed by atoms with Gasteiger partial charge in [0.25, 0.3) is 0 Å². The van der Waals surface area contributed by atoms with Gasteiger partial charge in [-0.15, -0.1) is 0 Å². The molecule has 0 radical (unpaired) electrons. The van der Waals surface area contributed by atoms with Crippen LogP contribution in [0, 0.1) is 47.3 Å². The lowest BCUT2D eigenvalue weighted by molar-refractivity contribution is -0.296. The van der Waals surface area contributed by atoms with Gasteiger partial charge in [0.15, 0.2) is 39.6 Å². The molecule has 522 valence electrons. The first kappa shape index (κ1) is 76.2. The van der Waals surface area contributed by atoms with Crippen molar-refractivity contribution in [1.82, 2.24) is 10.2 Å². The highest BCUT2D eigenvalue weighted by molar-refractivity contribution is 6.63. The minimum Gasteiger partial charge on any atom is -0.457 e. The van der Waals surface area contributed by atoms with Crippen molar-refractivity contribution in [3.8, 4) is 0 Å². The van der Waals surface area contributed by atoms with E-state index in [4.69, 9.17) is 103 Å². The van der Waals surface area contributed by atoms with E-state index in [-0.39, 0.29) is 47.7 Å². The van der Waals surface area contributed by atoms with Crippen LogP contribution in [-0.4, -0.2) is 190 Å². The number of aliphatic hydroxyl groups is 2. The number of nitrogens with zero attached hydrogens (tertiary/aromatic N) is 1. The van der Waals surface area contributed by atoms with Crippen LogP contribution in [0.5, 0.6) is 0 Å². The number of halogens is 4. The number of likely N-dealkylation sites (N-methyl/N-ethyl adjacent to an activating group) is 2. The Kier molecular flexibility index (Phi) is 25.4. The second-order valence-electron chi connectivity index (χ2n) is 28.0. The van der Waals surface area contributed by atoms with Crippen LogP contribution >= 0.6 is 46.4 Å². The molecule has 28 atom stereocenters. The van der Waals surface area contributed by atoms with Crippen molar-refractivity contribution in [2.75, 3.05) is 14.1 Å². The number of ether oxygens (including phenoxy) is 12. The number of hydrogen-bond acceptors (Lipinski definition) is 22. The van der Waals surface area contributed by atoms with E-state index < -0.39 is 160 Å². The zero-order chi connectivity index (χ0) is 68.6. The van der Waals surface area contributed by atoms with E-state index in [1.54, 1.807) is 34.7 Å². The van der Waals surface area contributed by atoms with Gasteiger partial charge in [-0.25, -0.2) is 9.59 Å². The summed E-state index contributed by atoms with van der Waals surface area (Å²) in [7, 11) is 3.73. The Hall–Kier alpha value is -3.20. The molecule has 8 heterocycles. The number of carbonyl (C=O) groups is 6. The van der Waals surface area contributed by atoms with Crippen LogP contribution in [0.15, 0.2) is 24.3 Å². The van der Waals surface area contributed by atoms with Crippen LogP contribution in [-0.2, 0) is 82.6 Å². The number of aliphatic hydroxyl groups excluding tert-OH is 2. The molecule has 8 fully saturated rings. The first-order valence-electron chi connectivity index (χ1n) is 32.5. The van der Waals surface area contributed by atoms with Gasteiger partial charge in [0.05, 0.1) is 47.8 Å². The van der Waals surface area contributed by atoms with E-state index in [9.17, 15) is 39.0 Å². The number of cyclic esters (lactones) is 6. The molecule has 8 saturated heterocycles. The second kappa shape index (κ2) is 30.7. The van der Waals surface area contributed by atoms with Crippen molar-refractivity contribution in [1.29, 1.82) is 0 Å². The Balaban J connectivity index is 0.000000250. The molecule has 1 aromatic rings. The van der Waals surface area contributed by atoms with Crippen molar-refractivity contribution < 1.29 is 95.8 Å². The number of hydrogen-bond donors (Lipinski definition) is 3. The number of carbonyl (C=O) groups excluding carboxylic acids is 6. The zero-order valence-electron chi connectivity index (χ0n) is 56.4. The molecule has 0 aliphatic carbocycles. The number of fused-ring (bicyclic) bond motifs is 4. The maximum absolute atomic E-state index is 14.1. The summed E-state index contributed by atoms with van der Waals surface area (Å²) in [6.07, 6.45) is -8.65. The van der Waals surface area contributed by atoms with Gasteiger partial charge in [-0.3, -0.25) is 24.1 Å². The summed E-state index contributed by atoms with van der Waals surface area (Å²) in [6.45, 7) is 29.8. The van der Waals surface area contributed by atoms with E-state index in [2.05, 4.69) is 17.1 Å². The third-order valence-corrected chi connectivity index (χ3v) is 21.0. The second-order valence-corrected chi connectivity index (χ2v) is 30.4. The lowest BCUT2D eigenvalue weighted by atomic mass is 9.76. The fraction of sp³-hybridized carbons (Fsp3) is 0.818. The molecular formula is C66H100Cl4N2O20. The van der Waals surface area contributed by atoms with E-state index in [1.807, 2.05) is 93.6 Å². The summed E-state index contributed by atoms with van der Waals surface area (Å²) in [6, 6.07) is 7.05. The van der Waals surface area contributed by atoms with Crippen LogP contribution in [0.25, 0.3) is 0 Å². The van der Waals surface area contributed by atoms with Crippen molar-refractivity contribution in [3.63, 3.8) is 0 Å². The van der Waals surface area contributed by atoms with Gasteiger partial charge >= 0.3 is 24.2 Å².